The van der Waals surface area contributed by atoms with Crippen molar-refractivity contribution in [1.82, 2.24) is 9.88 Å². The molecule has 2 heterocycles. The molecule has 0 unspecified atom stereocenters. The van der Waals surface area contributed by atoms with Gasteiger partial charge in [0.05, 0.1) is 12.1 Å². The van der Waals surface area contributed by atoms with E-state index in [1.54, 1.807) is 7.11 Å². The summed E-state index contributed by atoms with van der Waals surface area (Å²) in [5.74, 6) is 1.59. The Kier molecular flexibility index (Phi) is 7.44. The summed E-state index contributed by atoms with van der Waals surface area (Å²) in [5, 5.41) is 4.55. The Morgan fingerprint density at radius 3 is 2.58 bits per heavy atom. The van der Waals surface area contributed by atoms with Crippen molar-refractivity contribution < 1.29 is 9.53 Å². The number of aromatic nitrogens is 1. The van der Waals surface area contributed by atoms with E-state index in [2.05, 4.69) is 16.4 Å². The van der Waals surface area contributed by atoms with Crippen LogP contribution in [0.4, 0.5) is 5.82 Å². The monoisotopic (exact) mass is 519 g/mol. The van der Waals surface area contributed by atoms with Crippen molar-refractivity contribution in [2.45, 2.75) is 44.7 Å². The molecular formula is C29H30ClN3O2S. The number of pyridine rings is 1. The zero-order chi connectivity index (χ0) is 25.1. The van der Waals surface area contributed by atoms with Crippen LogP contribution in [-0.4, -0.2) is 36.0 Å². The van der Waals surface area contributed by atoms with Gasteiger partial charge in [-0.1, -0.05) is 55.1 Å². The van der Waals surface area contributed by atoms with Crippen molar-refractivity contribution in [3.63, 3.8) is 0 Å². The Balaban J connectivity index is 1.52. The molecule has 5 rings (SSSR count). The van der Waals surface area contributed by atoms with Gasteiger partial charge in [0.1, 0.15) is 16.4 Å². The first-order valence-corrected chi connectivity index (χ1v) is 13.6. The van der Waals surface area contributed by atoms with Crippen molar-refractivity contribution in [2.75, 3.05) is 19.5 Å². The fourth-order valence-electron chi connectivity index (χ4n) is 5.02. The summed E-state index contributed by atoms with van der Waals surface area (Å²) in [6.45, 7) is 0.465. The molecule has 1 aliphatic rings. The summed E-state index contributed by atoms with van der Waals surface area (Å²) < 4.78 is 6.76. The molecule has 0 atom stereocenters. The highest BCUT2D eigenvalue weighted by molar-refractivity contribution is 7.21. The fourth-order valence-corrected chi connectivity index (χ4v) is 6.49. The Labute approximate surface area is 221 Å². The molecule has 2 aromatic carbocycles. The second-order valence-electron chi connectivity index (χ2n) is 9.17. The zero-order valence-corrected chi connectivity index (χ0v) is 22.2. The lowest BCUT2D eigenvalue weighted by atomic mass is 9.93. The standard InChI is InChI=1S/C29H30ClN3O2S/c1-31-26-15-13-20(17-32-26)19-12-14-24(35-2)21(16-19)18-33(22-8-4-3-5-9-22)29(34)28-27(30)23-10-6-7-11-25(23)36-28/h6-7,10-17,22H,3-5,8-9,18H2,1-2H3,(H,31,32). The van der Waals surface area contributed by atoms with Gasteiger partial charge in [0.2, 0.25) is 0 Å². The lowest BCUT2D eigenvalue weighted by molar-refractivity contribution is 0.0618. The average molecular weight is 520 g/mol. The van der Waals surface area contributed by atoms with Gasteiger partial charge < -0.3 is 15.0 Å². The van der Waals surface area contributed by atoms with E-state index in [9.17, 15) is 4.79 Å². The van der Waals surface area contributed by atoms with Crippen molar-refractivity contribution in [3.05, 3.63) is 76.3 Å². The molecule has 0 bridgehead atoms. The number of benzene rings is 2. The van der Waals surface area contributed by atoms with Crippen molar-refractivity contribution >= 4 is 44.7 Å². The number of anilines is 1. The Morgan fingerprint density at radius 2 is 1.89 bits per heavy atom. The number of fused-ring (bicyclic) bond motifs is 1. The lowest BCUT2D eigenvalue weighted by Gasteiger charge is -2.34. The summed E-state index contributed by atoms with van der Waals surface area (Å²) in [7, 11) is 3.53. The van der Waals surface area contributed by atoms with Gasteiger partial charge in [0, 0.05) is 47.0 Å². The molecular weight excluding hydrogens is 490 g/mol. The highest BCUT2D eigenvalue weighted by Gasteiger charge is 2.30. The number of rotatable bonds is 7. The topological polar surface area (TPSA) is 54.5 Å². The molecule has 2 aromatic heterocycles. The van der Waals surface area contributed by atoms with Crippen LogP contribution < -0.4 is 10.1 Å². The van der Waals surface area contributed by atoms with Crippen LogP contribution in [0.15, 0.2) is 60.8 Å². The van der Waals surface area contributed by atoms with E-state index in [-0.39, 0.29) is 11.9 Å². The quantitative estimate of drug-likeness (QED) is 0.272. The number of hydrogen-bond acceptors (Lipinski definition) is 5. The third-order valence-electron chi connectivity index (χ3n) is 6.98. The second kappa shape index (κ2) is 10.9. The van der Waals surface area contributed by atoms with Crippen molar-refractivity contribution in [2.24, 2.45) is 0 Å². The number of nitrogens with one attached hydrogen (secondary N) is 1. The maximum absolute atomic E-state index is 14.1. The smallest absolute Gasteiger partial charge is 0.266 e. The molecule has 1 saturated carbocycles. The molecule has 1 fully saturated rings. The zero-order valence-electron chi connectivity index (χ0n) is 20.6. The molecule has 1 amide bonds. The summed E-state index contributed by atoms with van der Waals surface area (Å²) in [6.07, 6.45) is 7.36. The summed E-state index contributed by atoms with van der Waals surface area (Å²) in [4.78, 5) is 21.2. The van der Waals surface area contributed by atoms with Crippen molar-refractivity contribution in [1.29, 1.82) is 0 Å². The van der Waals surface area contributed by atoms with Gasteiger partial charge in [-0.05, 0) is 48.7 Å². The van der Waals surface area contributed by atoms with Crippen LogP contribution in [0.25, 0.3) is 21.2 Å². The minimum Gasteiger partial charge on any atom is -0.496 e. The first-order valence-electron chi connectivity index (χ1n) is 12.4. The number of halogens is 1. The fraction of sp³-hybridized carbons (Fsp3) is 0.310. The Hall–Kier alpha value is -3.09. The third kappa shape index (κ3) is 4.93. The van der Waals surface area contributed by atoms with Gasteiger partial charge in [-0.2, -0.15) is 0 Å². The predicted molar refractivity (Wildman–Crippen MR) is 149 cm³/mol. The molecule has 1 N–H and O–H groups in total. The third-order valence-corrected chi connectivity index (χ3v) is 8.64. The first kappa shape index (κ1) is 24.6. The highest BCUT2D eigenvalue weighted by atomic mass is 35.5. The molecule has 36 heavy (non-hydrogen) atoms. The van der Waals surface area contributed by atoms with E-state index in [1.165, 1.54) is 17.8 Å². The van der Waals surface area contributed by atoms with Crippen LogP contribution in [0.5, 0.6) is 5.75 Å². The van der Waals surface area contributed by atoms with Gasteiger partial charge >= 0.3 is 0 Å². The SMILES string of the molecule is CNc1ccc(-c2ccc(OC)c(CN(C(=O)c3sc4ccccc4c3Cl)C3CCCCC3)c2)cn1. The van der Waals surface area contributed by atoms with Gasteiger partial charge in [-0.3, -0.25) is 4.79 Å². The van der Waals surface area contributed by atoms with Gasteiger partial charge in [0.25, 0.3) is 5.91 Å². The van der Waals surface area contributed by atoms with E-state index in [1.807, 2.05) is 66.7 Å². The number of amides is 1. The summed E-state index contributed by atoms with van der Waals surface area (Å²) in [5.41, 5.74) is 3.03. The highest BCUT2D eigenvalue weighted by Crippen LogP contribution is 2.38. The average Bonchev–Trinajstić information content (AvgIpc) is 3.28. The number of carbonyl (C=O) groups is 1. The second-order valence-corrected chi connectivity index (χ2v) is 10.6. The van der Waals surface area contributed by atoms with Crippen molar-refractivity contribution in [3.8, 4) is 16.9 Å². The largest absolute Gasteiger partial charge is 0.496 e. The van der Waals surface area contributed by atoms with Crippen LogP contribution in [0.2, 0.25) is 5.02 Å². The number of methoxy groups -OCH3 is 1. The molecule has 1 aliphatic carbocycles. The molecule has 0 radical (unpaired) electrons. The van der Waals surface area contributed by atoms with Crippen LogP contribution >= 0.6 is 22.9 Å². The number of hydrogen-bond donors (Lipinski definition) is 1. The number of ether oxygens (including phenoxy) is 1. The predicted octanol–water partition coefficient (Wildman–Crippen LogP) is 7.64. The Bertz CT molecular complexity index is 1360. The Morgan fingerprint density at radius 1 is 1.11 bits per heavy atom. The lowest BCUT2D eigenvalue weighted by Crippen LogP contribution is -2.40. The number of nitrogens with zero attached hydrogens (tertiary/aromatic N) is 2. The molecule has 5 nitrogen and oxygen atoms in total. The minimum absolute atomic E-state index is 0.000552. The van der Waals surface area contributed by atoms with Crippen LogP contribution in [0.3, 0.4) is 0 Å². The first-order chi connectivity index (χ1) is 17.6. The molecule has 7 heteroatoms. The van der Waals surface area contributed by atoms with Crippen LogP contribution in [-0.2, 0) is 6.54 Å². The van der Waals surface area contributed by atoms with Crippen LogP contribution in [0, 0.1) is 0 Å². The minimum atomic E-state index is 0.000552. The molecule has 4 aromatic rings. The maximum atomic E-state index is 14.1. The van der Waals surface area contributed by atoms with Gasteiger partial charge in [0.15, 0.2) is 0 Å². The van der Waals surface area contributed by atoms with E-state index in [0.717, 1.165) is 64.0 Å². The van der Waals surface area contributed by atoms with E-state index < -0.39 is 0 Å². The summed E-state index contributed by atoms with van der Waals surface area (Å²) in [6, 6.07) is 18.3. The summed E-state index contributed by atoms with van der Waals surface area (Å²) >= 11 is 8.23. The molecule has 0 aliphatic heterocycles. The van der Waals surface area contributed by atoms with E-state index >= 15 is 0 Å². The number of thiophene rings is 1. The molecule has 0 saturated heterocycles. The maximum Gasteiger partial charge on any atom is 0.266 e. The molecule has 186 valence electrons. The van der Waals surface area contributed by atoms with Gasteiger partial charge in [-0.25, -0.2) is 4.98 Å². The molecule has 0 spiro atoms. The van der Waals surface area contributed by atoms with E-state index in [0.29, 0.717) is 16.4 Å². The number of carbonyl (C=O) groups excluding carboxylic acids is 1. The normalized spacial score (nSPS) is 14.1. The van der Waals surface area contributed by atoms with E-state index in [4.69, 9.17) is 16.3 Å². The van der Waals surface area contributed by atoms with Gasteiger partial charge in [-0.15, -0.1) is 11.3 Å². The van der Waals surface area contributed by atoms with Crippen LogP contribution in [0.1, 0.15) is 47.3 Å².